The number of carbonyl (C=O) groups excluding carboxylic acids is 3. The summed E-state index contributed by atoms with van der Waals surface area (Å²) in [5, 5.41) is 2.87. The largest absolute Gasteiger partial charge is 0.335 e. The third-order valence-electron chi connectivity index (χ3n) is 5.37. The summed E-state index contributed by atoms with van der Waals surface area (Å²) in [6.45, 7) is 5.83. The maximum absolute atomic E-state index is 13.1. The number of imide groups is 2. The third-order valence-corrected chi connectivity index (χ3v) is 6.13. The summed E-state index contributed by atoms with van der Waals surface area (Å²) in [6, 6.07) is 13.5. The average Bonchev–Trinajstić information content (AvgIpc) is 3.01. The van der Waals surface area contributed by atoms with Crippen molar-refractivity contribution >= 4 is 57.1 Å². The highest BCUT2D eigenvalue weighted by atomic mass is 79.9. The quantitative estimate of drug-likeness (QED) is 0.373. The molecule has 1 aliphatic heterocycles. The van der Waals surface area contributed by atoms with Gasteiger partial charge in [0, 0.05) is 26.6 Å². The highest BCUT2D eigenvalue weighted by Gasteiger charge is 2.37. The molecule has 1 N–H and O–H groups in total. The number of urea groups is 1. The average molecular weight is 513 g/mol. The molecule has 8 heteroatoms. The molecule has 162 valence electrons. The molecule has 1 fully saturated rings. The van der Waals surface area contributed by atoms with Crippen LogP contribution in [0.3, 0.4) is 0 Å². The summed E-state index contributed by atoms with van der Waals surface area (Å²) < 4.78 is 2.83. The SMILES string of the molecule is Cc1ccc(Cl)cc1-n1c(C)cc(/C=C2\C(=O)NC(=O)N(c3ccc(Br)cc3)C2=O)c1C. The van der Waals surface area contributed by atoms with Gasteiger partial charge in [0.15, 0.2) is 0 Å². The molecule has 2 aromatic carbocycles. The molecule has 0 bridgehead atoms. The Morgan fingerprint density at radius 1 is 0.969 bits per heavy atom. The van der Waals surface area contributed by atoms with E-state index in [1.807, 2.05) is 49.6 Å². The number of halogens is 2. The van der Waals surface area contributed by atoms with Crippen LogP contribution in [-0.2, 0) is 9.59 Å². The third kappa shape index (κ3) is 3.89. The van der Waals surface area contributed by atoms with Crippen LogP contribution in [0.4, 0.5) is 10.5 Å². The zero-order chi connectivity index (χ0) is 23.2. The molecule has 2 heterocycles. The van der Waals surface area contributed by atoms with Crippen LogP contribution in [-0.4, -0.2) is 22.4 Å². The topological polar surface area (TPSA) is 71.4 Å². The Morgan fingerprint density at radius 3 is 2.34 bits per heavy atom. The Balaban J connectivity index is 1.78. The molecule has 4 amide bonds. The van der Waals surface area contributed by atoms with Gasteiger partial charge in [-0.1, -0.05) is 33.6 Å². The lowest BCUT2D eigenvalue weighted by atomic mass is 10.1. The second-order valence-electron chi connectivity index (χ2n) is 7.53. The molecule has 0 atom stereocenters. The van der Waals surface area contributed by atoms with Gasteiger partial charge in [-0.25, -0.2) is 9.69 Å². The molecular weight excluding hydrogens is 494 g/mol. The van der Waals surface area contributed by atoms with Crippen LogP contribution in [0.1, 0.15) is 22.5 Å². The van der Waals surface area contributed by atoms with Crippen molar-refractivity contribution in [1.29, 1.82) is 0 Å². The zero-order valence-electron chi connectivity index (χ0n) is 17.6. The number of carbonyl (C=O) groups is 3. The van der Waals surface area contributed by atoms with Gasteiger partial charge >= 0.3 is 6.03 Å². The molecule has 0 saturated carbocycles. The van der Waals surface area contributed by atoms with Gasteiger partial charge in [0.05, 0.1) is 5.69 Å². The number of benzene rings is 2. The number of nitrogens with one attached hydrogen (secondary N) is 1. The maximum atomic E-state index is 13.1. The molecule has 4 rings (SSSR count). The standard InChI is InChI=1S/C24H19BrClN3O3/c1-13-4-7-18(26)12-21(13)28-14(2)10-16(15(28)3)11-20-22(30)27-24(32)29(23(20)31)19-8-5-17(25)6-9-19/h4-12H,1-3H3,(H,27,30,32)/b20-11+. The second kappa shape index (κ2) is 8.41. The number of amides is 4. The molecule has 0 unspecified atom stereocenters. The summed E-state index contributed by atoms with van der Waals surface area (Å²) in [6.07, 6.45) is 1.52. The number of hydrogen-bond donors (Lipinski definition) is 1. The van der Waals surface area contributed by atoms with E-state index in [9.17, 15) is 14.4 Å². The lowest BCUT2D eigenvalue weighted by Gasteiger charge is -2.26. The molecule has 1 aliphatic rings. The summed E-state index contributed by atoms with van der Waals surface area (Å²) in [5.41, 5.74) is 4.67. The molecular formula is C24H19BrClN3O3. The first-order valence-electron chi connectivity index (χ1n) is 9.80. The Morgan fingerprint density at radius 2 is 1.66 bits per heavy atom. The fourth-order valence-electron chi connectivity index (χ4n) is 3.77. The summed E-state index contributed by atoms with van der Waals surface area (Å²) in [5.74, 6) is -1.40. The number of hydrogen-bond acceptors (Lipinski definition) is 3. The van der Waals surface area contributed by atoms with Crippen molar-refractivity contribution in [3.63, 3.8) is 0 Å². The summed E-state index contributed by atoms with van der Waals surface area (Å²) >= 11 is 9.54. The maximum Gasteiger partial charge on any atom is 0.335 e. The number of aryl methyl sites for hydroxylation is 2. The highest BCUT2D eigenvalue weighted by molar-refractivity contribution is 9.10. The number of aromatic nitrogens is 1. The van der Waals surface area contributed by atoms with E-state index >= 15 is 0 Å². The van der Waals surface area contributed by atoms with E-state index in [1.165, 1.54) is 6.08 Å². The van der Waals surface area contributed by atoms with Crippen molar-refractivity contribution in [2.75, 3.05) is 4.90 Å². The van der Waals surface area contributed by atoms with E-state index in [2.05, 4.69) is 21.2 Å². The minimum Gasteiger partial charge on any atom is -0.318 e. The monoisotopic (exact) mass is 511 g/mol. The fraction of sp³-hybridized carbons (Fsp3) is 0.125. The molecule has 0 spiro atoms. The number of nitrogens with zero attached hydrogens (tertiary/aromatic N) is 2. The molecule has 0 aliphatic carbocycles. The van der Waals surface area contributed by atoms with Crippen LogP contribution < -0.4 is 10.2 Å². The van der Waals surface area contributed by atoms with Crippen molar-refractivity contribution in [2.24, 2.45) is 0 Å². The molecule has 3 aromatic rings. The van der Waals surface area contributed by atoms with Gasteiger partial charge in [0.1, 0.15) is 5.57 Å². The van der Waals surface area contributed by atoms with E-state index in [0.29, 0.717) is 16.3 Å². The van der Waals surface area contributed by atoms with Crippen molar-refractivity contribution in [3.05, 3.63) is 86.1 Å². The lowest BCUT2D eigenvalue weighted by molar-refractivity contribution is -0.122. The van der Waals surface area contributed by atoms with Gasteiger partial charge in [-0.2, -0.15) is 0 Å². The summed E-state index contributed by atoms with van der Waals surface area (Å²) in [7, 11) is 0. The van der Waals surface area contributed by atoms with Crippen LogP contribution in [0, 0.1) is 20.8 Å². The zero-order valence-corrected chi connectivity index (χ0v) is 19.9. The van der Waals surface area contributed by atoms with Crippen molar-refractivity contribution in [1.82, 2.24) is 9.88 Å². The van der Waals surface area contributed by atoms with Gasteiger partial charge < -0.3 is 4.57 Å². The first-order chi connectivity index (χ1) is 15.2. The molecule has 0 radical (unpaired) electrons. The molecule has 1 aromatic heterocycles. The lowest BCUT2D eigenvalue weighted by Crippen LogP contribution is -2.54. The first kappa shape index (κ1) is 22.0. The predicted octanol–water partition coefficient (Wildman–Crippen LogP) is 5.48. The normalized spacial score (nSPS) is 15.5. The Kier molecular flexibility index (Phi) is 5.79. The Hall–Kier alpha value is -3.16. The molecule has 1 saturated heterocycles. The minimum atomic E-state index is -0.778. The number of rotatable bonds is 3. The second-order valence-corrected chi connectivity index (χ2v) is 8.88. The highest BCUT2D eigenvalue weighted by Crippen LogP contribution is 2.28. The molecule has 32 heavy (non-hydrogen) atoms. The van der Waals surface area contributed by atoms with Crippen LogP contribution in [0.5, 0.6) is 0 Å². The van der Waals surface area contributed by atoms with Gasteiger partial charge in [-0.3, -0.25) is 14.9 Å². The van der Waals surface area contributed by atoms with E-state index in [-0.39, 0.29) is 5.57 Å². The van der Waals surface area contributed by atoms with E-state index in [0.717, 1.165) is 32.0 Å². The van der Waals surface area contributed by atoms with Gasteiger partial charge in [-0.15, -0.1) is 0 Å². The fourth-order valence-corrected chi connectivity index (χ4v) is 4.20. The predicted molar refractivity (Wildman–Crippen MR) is 128 cm³/mol. The van der Waals surface area contributed by atoms with Crippen molar-refractivity contribution < 1.29 is 14.4 Å². The van der Waals surface area contributed by atoms with Crippen molar-refractivity contribution in [3.8, 4) is 5.69 Å². The Bertz CT molecular complexity index is 1310. The van der Waals surface area contributed by atoms with E-state index in [1.54, 1.807) is 24.3 Å². The number of barbiturate groups is 1. The Labute approximate surface area is 198 Å². The van der Waals surface area contributed by atoms with Crippen LogP contribution in [0.15, 0.2) is 58.6 Å². The number of anilines is 1. The smallest absolute Gasteiger partial charge is 0.318 e. The summed E-state index contributed by atoms with van der Waals surface area (Å²) in [4.78, 5) is 39.0. The van der Waals surface area contributed by atoms with Gasteiger partial charge in [0.2, 0.25) is 0 Å². The van der Waals surface area contributed by atoms with Crippen LogP contribution >= 0.6 is 27.5 Å². The molecule has 6 nitrogen and oxygen atoms in total. The van der Waals surface area contributed by atoms with E-state index < -0.39 is 17.8 Å². The van der Waals surface area contributed by atoms with Crippen LogP contribution in [0.2, 0.25) is 5.02 Å². The van der Waals surface area contributed by atoms with Gasteiger partial charge in [-0.05, 0) is 80.4 Å². The van der Waals surface area contributed by atoms with E-state index in [4.69, 9.17) is 11.6 Å². The first-order valence-corrected chi connectivity index (χ1v) is 11.0. The minimum absolute atomic E-state index is 0.115. The van der Waals surface area contributed by atoms with Crippen LogP contribution in [0.25, 0.3) is 11.8 Å². The van der Waals surface area contributed by atoms with Crippen molar-refractivity contribution in [2.45, 2.75) is 20.8 Å². The van der Waals surface area contributed by atoms with Gasteiger partial charge in [0.25, 0.3) is 11.8 Å².